The number of aromatic nitrogens is 3. The summed E-state index contributed by atoms with van der Waals surface area (Å²) in [4.78, 5) is 34.2. The number of carbonyl (C=O) groups excluding carboxylic acids is 1. The predicted octanol–water partition coefficient (Wildman–Crippen LogP) is 4.69. The highest BCUT2D eigenvalue weighted by Gasteiger charge is 2.23. The molecular formula is C24H25N5O2S2. The molecule has 0 saturated carbocycles. The van der Waals surface area contributed by atoms with Crippen molar-refractivity contribution >= 4 is 49.6 Å². The highest BCUT2D eigenvalue weighted by molar-refractivity contribution is 7.23. The van der Waals surface area contributed by atoms with Gasteiger partial charge in [0.05, 0.1) is 9.58 Å². The summed E-state index contributed by atoms with van der Waals surface area (Å²) in [7, 11) is 0. The molecule has 1 aromatic carbocycles. The smallest absolute Gasteiger partial charge is 0.294 e. The van der Waals surface area contributed by atoms with E-state index < -0.39 is 0 Å². The van der Waals surface area contributed by atoms with Gasteiger partial charge in [-0.15, -0.1) is 11.3 Å². The lowest BCUT2D eigenvalue weighted by atomic mass is 10.1. The zero-order valence-corrected chi connectivity index (χ0v) is 20.3. The number of anilines is 2. The van der Waals surface area contributed by atoms with Crippen molar-refractivity contribution in [3.8, 4) is 10.6 Å². The van der Waals surface area contributed by atoms with Crippen LogP contribution in [0.4, 0.5) is 10.8 Å². The number of rotatable bonds is 6. The molecule has 0 aliphatic carbocycles. The Labute approximate surface area is 199 Å². The van der Waals surface area contributed by atoms with Crippen LogP contribution in [-0.2, 0) is 17.8 Å². The van der Waals surface area contributed by atoms with Crippen LogP contribution in [0.1, 0.15) is 30.9 Å². The fourth-order valence-corrected chi connectivity index (χ4v) is 6.08. The number of nitrogens with zero attached hydrogens (tertiary/aromatic N) is 4. The third-order valence-electron chi connectivity index (χ3n) is 5.92. The van der Waals surface area contributed by atoms with Gasteiger partial charge in [0, 0.05) is 18.8 Å². The number of nitrogens with one attached hydrogen (secondary N) is 1. The topological polar surface area (TPSA) is 80.1 Å². The summed E-state index contributed by atoms with van der Waals surface area (Å²) in [5.74, 6) is -0.278. The average molecular weight is 480 g/mol. The van der Waals surface area contributed by atoms with Gasteiger partial charge < -0.3 is 10.2 Å². The number of thiophene rings is 1. The van der Waals surface area contributed by atoms with Gasteiger partial charge in [-0.05, 0) is 48.8 Å². The molecule has 7 nitrogen and oxygen atoms in total. The lowest BCUT2D eigenvalue weighted by Gasteiger charge is -2.13. The van der Waals surface area contributed by atoms with E-state index in [0.717, 1.165) is 63.9 Å². The van der Waals surface area contributed by atoms with Crippen LogP contribution in [0.2, 0.25) is 0 Å². The Balaban J connectivity index is 1.54. The van der Waals surface area contributed by atoms with Crippen LogP contribution in [0.3, 0.4) is 0 Å². The van der Waals surface area contributed by atoms with Gasteiger partial charge >= 0.3 is 0 Å². The van der Waals surface area contributed by atoms with Crippen LogP contribution in [0.15, 0.2) is 40.5 Å². The summed E-state index contributed by atoms with van der Waals surface area (Å²) in [5, 5.41) is 10.5. The maximum atomic E-state index is 13.3. The van der Waals surface area contributed by atoms with E-state index in [1.807, 2.05) is 42.6 Å². The molecule has 0 radical (unpaired) electrons. The van der Waals surface area contributed by atoms with Gasteiger partial charge in [0.15, 0.2) is 10.6 Å². The molecule has 1 amide bonds. The Hall–Kier alpha value is -3.04. The maximum Gasteiger partial charge on any atom is 0.294 e. The van der Waals surface area contributed by atoms with Gasteiger partial charge in [-0.2, -0.15) is 5.10 Å². The van der Waals surface area contributed by atoms with Crippen LogP contribution in [0.25, 0.3) is 20.8 Å². The fourth-order valence-electron chi connectivity index (χ4n) is 4.19. The van der Waals surface area contributed by atoms with E-state index in [1.165, 1.54) is 16.0 Å². The largest absolute Gasteiger partial charge is 0.348 e. The summed E-state index contributed by atoms with van der Waals surface area (Å²) in [6.45, 7) is 5.76. The highest BCUT2D eigenvalue weighted by Crippen LogP contribution is 2.36. The first-order chi connectivity index (χ1) is 16.0. The molecule has 1 aliphatic rings. The molecule has 4 heterocycles. The van der Waals surface area contributed by atoms with E-state index in [-0.39, 0.29) is 18.0 Å². The Morgan fingerprint density at radius 1 is 1.18 bits per heavy atom. The van der Waals surface area contributed by atoms with Gasteiger partial charge in [-0.25, -0.2) is 9.67 Å². The number of aryl methyl sites for hydroxylation is 2. The summed E-state index contributed by atoms with van der Waals surface area (Å²) < 4.78 is 2.04. The van der Waals surface area contributed by atoms with Crippen LogP contribution >= 0.6 is 22.7 Å². The monoisotopic (exact) mass is 479 g/mol. The van der Waals surface area contributed by atoms with Crippen LogP contribution in [0.5, 0.6) is 0 Å². The quantitative estimate of drug-likeness (QED) is 0.434. The van der Waals surface area contributed by atoms with Crippen molar-refractivity contribution < 1.29 is 4.79 Å². The fraction of sp³-hybridized carbons (Fsp3) is 0.333. The van der Waals surface area contributed by atoms with E-state index in [0.29, 0.717) is 11.2 Å². The van der Waals surface area contributed by atoms with Crippen molar-refractivity contribution in [2.75, 3.05) is 23.3 Å². The molecule has 33 heavy (non-hydrogen) atoms. The second-order valence-electron chi connectivity index (χ2n) is 8.17. The molecule has 4 aromatic rings. The number of benzene rings is 1. The van der Waals surface area contributed by atoms with E-state index >= 15 is 0 Å². The van der Waals surface area contributed by atoms with E-state index in [2.05, 4.69) is 22.2 Å². The van der Waals surface area contributed by atoms with Gasteiger partial charge in [0.1, 0.15) is 12.2 Å². The predicted molar refractivity (Wildman–Crippen MR) is 136 cm³/mol. The third kappa shape index (κ3) is 4.18. The van der Waals surface area contributed by atoms with Crippen molar-refractivity contribution in [1.29, 1.82) is 0 Å². The Kier molecular flexibility index (Phi) is 5.99. The van der Waals surface area contributed by atoms with Crippen molar-refractivity contribution in [3.05, 3.63) is 57.2 Å². The van der Waals surface area contributed by atoms with Crippen molar-refractivity contribution in [3.63, 3.8) is 0 Å². The lowest BCUT2D eigenvalue weighted by Crippen LogP contribution is -2.30. The highest BCUT2D eigenvalue weighted by atomic mass is 32.1. The molecular weight excluding hydrogens is 454 g/mol. The molecule has 170 valence electrons. The summed E-state index contributed by atoms with van der Waals surface area (Å²) in [6.07, 6.45) is 3.08. The number of amides is 1. The van der Waals surface area contributed by atoms with Crippen molar-refractivity contribution in [2.24, 2.45) is 0 Å². The minimum atomic E-state index is -0.331. The Morgan fingerprint density at radius 2 is 2.00 bits per heavy atom. The van der Waals surface area contributed by atoms with E-state index in [1.54, 1.807) is 11.3 Å². The molecule has 1 N–H and O–H groups in total. The molecule has 5 rings (SSSR count). The summed E-state index contributed by atoms with van der Waals surface area (Å²) >= 11 is 3.08. The maximum absolute atomic E-state index is 13.3. The number of hydrogen-bond donors (Lipinski definition) is 1. The minimum absolute atomic E-state index is 0.165. The molecule has 9 heteroatoms. The summed E-state index contributed by atoms with van der Waals surface area (Å²) in [5.41, 5.74) is 3.63. The van der Waals surface area contributed by atoms with E-state index in [4.69, 9.17) is 4.98 Å². The Morgan fingerprint density at radius 3 is 2.73 bits per heavy atom. The molecule has 1 aliphatic heterocycles. The Bertz CT molecular complexity index is 1370. The zero-order chi connectivity index (χ0) is 22.9. The zero-order valence-electron chi connectivity index (χ0n) is 18.6. The first kappa shape index (κ1) is 21.8. The second kappa shape index (κ2) is 9.07. The average Bonchev–Trinajstić information content (AvgIpc) is 3.58. The summed E-state index contributed by atoms with van der Waals surface area (Å²) in [6, 6.07) is 9.90. The second-order valence-corrected chi connectivity index (χ2v) is 10.1. The minimum Gasteiger partial charge on any atom is -0.348 e. The number of carbonyl (C=O) groups is 1. The van der Waals surface area contributed by atoms with Crippen LogP contribution in [0, 0.1) is 6.92 Å². The first-order valence-corrected chi connectivity index (χ1v) is 12.8. The van der Waals surface area contributed by atoms with Crippen molar-refractivity contribution in [2.45, 2.75) is 39.7 Å². The molecule has 3 aromatic heterocycles. The number of fused-ring (bicyclic) bond motifs is 1. The lowest BCUT2D eigenvalue weighted by molar-refractivity contribution is -0.117. The normalized spacial score (nSPS) is 13.7. The van der Waals surface area contributed by atoms with Gasteiger partial charge in [-0.1, -0.05) is 42.5 Å². The van der Waals surface area contributed by atoms with Crippen LogP contribution < -0.4 is 15.8 Å². The number of hydrogen-bond acceptors (Lipinski definition) is 7. The first-order valence-electron chi connectivity index (χ1n) is 11.1. The van der Waals surface area contributed by atoms with Crippen molar-refractivity contribution in [1.82, 2.24) is 14.8 Å². The van der Waals surface area contributed by atoms with Gasteiger partial charge in [-0.3, -0.25) is 9.59 Å². The molecule has 1 fully saturated rings. The number of thiazole rings is 1. The van der Waals surface area contributed by atoms with E-state index in [9.17, 15) is 9.59 Å². The van der Waals surface area contributed by atoms with Gasteiger partial charge in [0.25, 0.3) is 5.56 Å². The standard InChI is InChI=1S/C24H25N5O2S2/c1-3-16-9-6-8-15(2)19(16)25-18(30)14-29-23(31)21-22(20(27-29)17-10-7-13-32-17)33-24(26-21)28-11-4-5-12-28/h6-10,13H,3-5,11-12,14H2,1-2H3,(H,25,30). The molecule has 1 saturated heterocycles. The molecule has 0 bridgehead atoms. The number of para-hydroxylation sites is 1. The third-order valence-corrected chi connectivity index (χ3v) is 7.92. The molecule has 0 atom stereocenters. The molecule has 0 spiro atoms. The SMILES string of the molecule is CCc1cccc(C)c1NC(=O)Cn1nc(-c2cccs2)c2sc(N3CCCC3)nc2c1=O. The molecule has 0 unspecified atom stereocenters. The van der Waals surface area contributed by atoms with Crippen LogP contribution in [-0.4, -0.2) is 33.8 Å². The van der Waals surface area contributed by atoms with Gasteiger partial charge in [0.2, 0.25) is 5.91 Å².